The molecule has 1 heterocycles. The highest BCUT2D eigenvalue weighted by atomic mass is 32.1. The summed E-state index contributed by atoms with van der Waals surface area (Å²) in [5.74, 6) is 0. The molecular weight excluding hydrogens is 228 g/mol. The molecule has 0 saturated carbocycles. The van der Waals surface area contributed by atoms with Crippen molar-refractivity contribution in [2.75, 3.05) is 6.54 Å². The van der Waals surface area contributed by atoms with Crippen LogP contribution in [-0.4, -0.2) is 11.5 Å². The maximum Gasteiger partial charge on any atom is 0.0947 e. The van der Waals surface area contributed by atoms with Crippen molar-refractivity contribution >= 4 is 11.3 Å². The van der Waals surface area contributed by atoms with Gasteiger partial charge in [-0.25, -0.2) is 4.98 Å². The van der Waals surface area contributed by atoms with Gasteiger partial charge in [0.1, 0.15) is 0 Å². The Hall–Kier alpha value is -1.19. The first-order valence-corrected chi connectivity index (χ1v) is 6.87. The SMILES string of the molecule is CCNC(Cc1nc(C)cs1)c1ccccc1. The Bertz CT molecular complexity index is 450. The second-order valence-electron chi connectivity index (χ2n) is 4.11. The Balaban J connectivity index is 2.13. The summed E-state index contributed by atoms with van der Waals surface area (Å²) in [4.78, 5) is 4.54. The number of hydrogen-bond acceptors (Lipinski definition) is 3. The minimum absolute atomic E-state index is 0.367. The first kappa shape index (κ1) is 12.3. The number of likely N-dealkylation sites (N-methyl/N-ethyl adjacent to an activating group) is 1. The topological polar surface area (TPSA) is 24.9 Å². The predicted molar refractivity (Wildman–Crippen MR) is 73.4 cm³/mol. The molecule has 17 heavy (non-hydrogen) atoms. The molecule has 0 radical (unpaired) electrons. The van der Waals surface area contributed by atoms with Crippen LogP contribution in [0.1, 0.15) is 29.2 Å². The molecule has 0 saturated heterocycles. The monoisotopic (exact) mass is 246 g/mol. The van der Waals surface area contributed by atoms with Crippen molar-refractivity contribution in [2.24, 2.45) is 0 Å². The molecule has 0 bridgehead atoms. The molecule has 0 spiro atoms. The van der Waals surface area contributed by atoms with Crippen molar-refractivity contribution in [3.05, 3.63) is 52.0 Å². The molecule has 0 aliphatic heterocycles. The maximum absolute atomic E-state index is 4.54. The molecule has 2 aromatic rings. The highest BCUT2D eigenvalue weighted by Gasteiger charge is 2.12. The van der Waals surface area contributed by atoms with Crippen molar-refractivity contribution in [1.82, 2.24) is 10.3 Å². The molecule has 0 amide bonds. The van der Waals surface area contributed by atoms with Gasteiger partial charge < -0.3 is 5.32 Å². The van der Waals surface area contributed by atoms with Crippen molar-refractivity contribution in [1.29, 1.82) is 0 Å². The van der Waals surface area contributed by atoms with Crippen molar-refractivity contribution in [3.8, 4) is 0 Å². The van der Waals surface area contributed by atoms with Crippen LogP contribution in [0.5, 0.6) is 0 Å². The van der Waals surface area contributed by atoms with Crippen molar-refractivity contribution in [3.63, 3.8) is 0 Å². The Morgan fingerprint density at radius 1 is 1.29 bits per heavy atom. The third kappa shape index (κ3) is 3.38. The Kier molecular flexibility index (Phi) is 4.29. The van der Waals surface area contributed by atoms with Gasteiger partial charge in [-0.3, -0.25) is 0 Å². The Morgan fingerprint density at radius 2 is 2.06 bits per heavy atom. The van der Waals surface area contributed by atoms with Crippen molar-refractivity contribution in [2.45, 2.75) is 26.3 Å². The van der Waals surface area contributed by atoms with E-state index in [0.29, 0.717) is 6.04 Å². The first-order valence-electron chi connectivity index (χ1n) is 5.99. The molecule has 1 unspecified atom stereocenters. The molecule has 0 aliphatic carbocycles. The molecule has 2 nitrogen and oxygen atoms in total. The van der Waals surface area contributed by atoms with Gasteiger partial charge in [-0.15, -0.1) is 11.3 Å². The number of nitrogens with zero attached hydrogens (tertiary/aromatic N) is 1. The first-order chi connectivity index (χ1) is 8.29. The van der Waals surface area contributed by atoms with E-state index in [0.717, 1.165) is 18.7 Å². The quantitative estimate of drug-likeness (QED) is 0.875. The average molecular weight is 246 g/mol. The molecule has 3 heteroatoms. The van der Waals surface area contributed by atoms with Gasteiger partial charge in [-0.1, -0.05) is 37.3 Å². The van der Waals surface area contributed by atoms with E-state index in [1.165, 1.54) is 10.6 Å². The van der Waals surface area contributed by atoms with Gasteiger partial charge in [-0.05, 0) is 19.0 Å². The molecule has 1 N–H and O–H groups in total. The summed E-state index contributed by atoms with van der Waals surface area (Å²) < 4.78 is 0. The second-order valence-corrected chi connectivity index (χ2v) is 5.05. The molecule has 2 rings (SSSR count). The van der Waals surface area contributed by atoms with Crippen LogP contribution in [0.15, 0.2) is 35.7 Å². The van der Waals surface area contributed by atoms with Crippen LogP contribution in [-0.2, 0) is 6.42 Å². The third-order valence-corrected chi connectivity index (χ3v) is 3.69. The van der Waals surface area contributed by atoms with E-state index < -0.39 is 0 Å². The fraction of sp³-hybridized carbons (Fsp3) is 0.357. The van der Waals surface area contributed by atoms with E-state index in [-0.39, 0.29) is 0 Å². The molecule has 1 aromatic heterocycles. The standard InChI is InChI=1S/C14H18N2S/c1-3-15-13(12-7-5-4-6-8-12)9-14-16-11(2)10-17-14/h4-8,10,13,15H,3,9H2,1-2H3. The molecule has 1 aromatic carbocycles. The molecule has 0 fully saturated rings. The Morgan fingerprint density at radius 3 is 2.65 bits per heavy atom. The normalized spacial score (nSPS) is 12.6. The molecule has 0 aliphatic rings. The van der Waals surface area contributed by atoms with Gasteiger partial charge in [0.25, 0.3) is 0 Å². The maximum atomic E-state index is 4.54. The average Bonchev–Trinajstić information content (AvgIpc) is 2.75. The fourth-order valence-electron chi connectivity index (χ4n) is 1.91. The largest absolute Gasteiger partial charge is 0.310 e. The number of hydrogen-bond donors (Lipinski definition) is 1. The fourth-order valence-corrected chi connectivity index (χ4v) is 2.73. The van der Waals surface area contributed by atoms with E-state index >= 15 is 0 Å². The van der Waals surface area contributed by atoms with Gasteiger partial charge in [0.2, 0.25) is 0 Å². The number of rotatable bonds is 5. The van der Waals surface area contributed by atoms with Crippen LogP contribution in [0.4, 0.5) is 0 Å². The molecule has 90 valence electrons. The lowest BCUT2D eigenvalue weighted by Crippen LogP contribution is -2.22. The number of nitrogens with one attached hydrogen (secondary N) is 1. The summed E-state index contributed by atoms with van der Waals surface area (Å²) in [5, 5.41) is 6.84. The zero-order valence-electron chi connectivity index (χ0n) is 10.3. The second kappa shape index (κ2) is 5.94. The van der Waals surface area contributed by atoms with E-state index in [4.69, 9.17) is 0 Å². The van der Waals surface area contributed by atoms with Crippen LogP contribution in [0.2, 0.25) is 0 Å². The van der Waals surface area contributed by atoms with Gasteiger partial charge in [0, 0.05) is 23.5 Å². The number of benzene rings is 1. The zero-order chi connectivity index (χ0) is 12.1. The van der Waals surface area contributed by atoms with Crippen LogP contribution in [0.3, 0.4) is 0 Å². The number of thiazole rings is 1. The van der Waals surface area contributed by atoms with Crippen LogP contribution in [0.25, 0.3) is 0 Å². The smallest absolute Gasteiger partial charge is 0.0947 e. The van der Waals surface area contributed by atoms with Gasteiger partial charge >= 0.3 is 0 Å². The summed E-state index contributed by atoms with van der Waals surface area (Å²) in [6.45, 7) is 5.16. The Labute approximate surface area is 107 Å². The summed E-state index contributed by atoms with van der Waals surface area (Å²) in [6.07, 6.45) is 0.969. The number of aromatic nitrogens is 1. The summed E-state index contributed by atoms with van der Waals surface area (Å²) in [7, 11) is 0. The number of aryl methyl sites for hydroxylation is 1. The van der Waals surface area contributed by atoms with Crippen LogP contribution >= 0.6 is 11.3 Å². The van der Waals surface area contributed by atoms with E-state index in [2.05, 4.69) is 52.9 Å². The highest BCUT2D eigenvalue weighted by Crippen LogP contribution is 2.20. The van der Waals surface area contributed by atoms with Crippen LogP contribution < -0.4 is 5.32 Å². The minimum Gasteiger partial charge on any atom is -0.310 e. The van der Waals surface area contributed by atoms with Crippen LogP contribution in [0, 0.1) is 6.92 Å². The third-order valence-electron chi connectivity index (χ3n) is 2.70. The molecular formula is C14H18N2S. The minimum atomic E-state index is 0.367. The lowest BCUT2D eigenvalue weighted by Gasteiger charge is -2.16. The van der Waals surface area contributed by atoms with Gasteiger partial charge in [-0.2, -0.15) is 0 Å². The summed E-state index contributed by atoms with van der Waals surface area (Å²) in [5.41, 5.74) is 2.45. The summed E-state index contributed by atoms with van der Waals surface area (Å²) in [6, 6.07) is 11.0. The zero-order valence-corrected chi connectivity index (χ0v) is 11.1. The van der Waals surface area contributed by atoms with E-state index in [1.54, 1.807) is 11.3 Å². The molecule has 1 atom stereocenters. The predicted octanol–water partition coefficient (Wildman–Crippen LogP) is 3.34. The highest BCUT2D eigenvalue weighted by molar-refractivity contribution is 7.09. The lowest BCUT2D eigenvalue weighted by molar-refractivity contribution is 0.548. The van der Waals surface area contributed by atoms with Gasteiger partial charge in [0.05, 0.1) is 5.01 Å². The van der Waals surface area contributed by atoms with E-state index in [9.17, 15) is 0 Å². The summed E-state index contributed by atoms with van der Waals surface area (Å²) >= 11 is 1.75. The van der Waals surface area contributed by atoms with E-state index in [1.807, 2.05) is 6.92 Å². The van der Waals surface area contributed by atoms with Crippen molar-refractivity contribution < 1.29 is 0 Å². The lowest BCUT2D eigenvalue weighted by atomic mass is 10.0. The van der Waals surface area contributed by atoms with Gasteiger partial charge in [0.15, 0.2) is 0 Å².